The van der Waals surface area contributed by atoms with E-state index in [1.54, 1.807) is 23.8 Å². The summed E-state index contributed by atoms with van der Waals surface area (Å²) in [5, 5.41) is 13.4. The molecule has 100 valence electrons. The van der Waals surface area contributed by atoms with E-state index >= 15 is 0 Å². The molecule has 0 saturated carbocycles. The van der Waals surface area contributed by atoms with Crippen molar-refractivity contribution in [1.82, 2.24) is 14.9 Å². The molecule has 0 aliphatic carbocycles. The van der Waals surface area contributed by atoms with E-state index in [1.165, 1.54) is 15.9 Å². The van der Waals surface area contributed by atoms with Gasteiger partial charge in [-0.1, -0.05) is 0 Å². The number of carboxylic acid groups (broad SMARTS) is 1. The molecule has 0 saturated heterocycles. The predicted octanol–water partition coefficient (Wildman–Crippen LogP) is 1.00. The molecule has 0 radical (unpaired) electrons. The van der Waals surface area contributed by atoms with Crippen molar-refractivity contribution >= 4 is 23.2 Å². The van der Waals surface area contributed by atoms with Crippen molar-refractivity contribution < 1.29 is 14.7 Å². The number of amides is 1. The van der Waals surface area contributed by atoms with Crippen molar-refractivity contribution in [2.45, 2.75) is 13.0 Å². The lowest BCUT2D eigenvalue weighted by molar-refractivity contribution is -0.137. The first-order valence-corrected chi connectivity index (χ1v) is 6.63. The molecular weight excluding hydrogens is 266 g/mol. The average molecular weight is 279 g/mol. The Morgan fingerprint density at radius 2 is 2.32 bits per heavy atom. The van der Waals surface area contributed by atoms with Gasteiger partial charge in [0.2, 0.25) is 0 Å². The number of nitrogens with one attached hydrogen (secondary N) is 1. The molecule has 0 bridgehead atoms. The summed E-state index contributed by atoms with van der Waals surface area (Å²) in [6.07, 6.45) is 2.23. The van der Waals surface area contributed by atoms with Crippen LogP contribution in [-0.4, -0.2) is 33.1 Å². The summed E-state index contributed by atoms with van der Waals surface area (Å²) in [6.45, 7) is 0.253. The third kappa shape index (κ3) is 3.65. The standard InChI is InChI=1S/C12H13N3O3S/c16-11(17)6-15-5-1-2-10(15)12(18)13-4-3-9-7-19-8-14-9/h1-2,5,7-8H,3-4,6H2,(H,13,18)(H,16,17). The topological polar surface area (TPSA) is 84.2 Å². The highest BCUT2D eigenvalue weighted by atomic mass is 32.1. The highest BCUT2D eigenvalue weighted by Gasteiger charge is 2.12. The van der Waals surface area contributed by atoms with Gasteiger partial charge in [0, 0.05) is 24.5 Å². The van der Waals surface area contributed by atoms with E-state index in [9.17, 15) is 9.59 Å². The number of carbonyl (C=O) groups is 2. The van der Waals surface area contributed by atoms with Crippen molar-refractivity contribution in [3.05, 3.63) is 40.6 Å². The van der Waals surface area contributed by atoms with Gasteiger partial charge >= 0.3 is 5.97 Å². The van der Waals surface area contributed by atoms with Crippen molar-refractivity contribution in [2.24, 2.45) is 0 Å². The molecule has 0 aromatic carbocycles. The van der Waals surface area contributed by atoms with E-state index in [0.717, 1.165) is 5.69 Å². The van der Waals surface area contributed by atoms with Crippen molar-refractivity contribution in [1.29, 1.82) is 0 Å². The number of thiazole rings is 1. The van der Waals surface area contributed by atoms with Gasteiger partial charge < -0.3 is 15.0 Å². The molecule has 0 fully saturated rings. The lowest BCUT2D eigenvalue weighted by Gasteiger charge is -2.07. The average Bonchev–Trinajstić information content (AvgIpc) is 2.99. The van der Waals surface area contributed by atoms with Gasteiger partial charge in [0.15, 0.2) is 0 Å². The maximum Gasteiger partial charge on any atom is 0.323 e. The molecule has 0 aliphatic heterocycles. The molecule has 2 heterocycles. The lowest BCUT2D eigenvalue weighted by Crippen LogP contribution is -2.28. The number of hydrogen-bond acceptors (Lipinski definition) is 4. The largest absolute Gasteiger partial charge is 0.480 e. The van der Waals surface area contributed by atoms with Crippen LogP contribution in [0.25, 0.3) is 0 Å². The van der Waals surface area contributed by atoms with Gasteiger partial charge in [0.25, 0.3) is 5.91 Å². The van der Waals surface area contributed by atoms with Gasteiger partial charge in [-0.3, -0.25) is 9.59 Å². The third-order valence-electron chi connectivity index (χ3n) is 2.52. The van der Waals surface area contributed by atoms with Crippen LogP contribution in [0, 0.1) is 0 Å². The lowest BCUT2D eigenvalue weighted by atomic mass is 10.3. The predicted molar refractivity (Wildman–Crippen MR) is 70.2 cm³/mol. The number of carbonyl (C=O) groups excluding carboxylic acids is 1. The molecular formula is C12H13N3O3S. The highest BCUT2D eigenvalue weighted by Crippen LogP contribution is 2.03. The van der Waals surface area contributed by atoms with Crippen molar-refractivity contribution in [3.8, 4) is 0 Å². The quantitative estimate of drug-likeness (QED) is 0.826. The Kier molecular flexibility index (Phi) is 4.30. The van der Waals surface area contributed by atoms with Crippen LogP contribution < -0.4 is 5.32 Å². The van der Waals surface area contributed by atoms with Crippen LogP contribution in [0.4, 0.5) is 0 Å². The first-order valence-electron chi connectivity index (χ1n) is 5.69. The molecule has 19 heavy (non-hydrogen) atoms. The zero-order valence-corrected chi connectivity index (χ0v) is 10.9. The molecule has 2 aromatic heterocycles. The number of carboxylic acids is 1. The van der Waals surface area contributed by atoms with E-state index in [4.69, 9.17) is 5.11 Å². The van der Waals surface area contributed by atoms with E-state index in [0.29, 0.717) is 18.7 Å². The number of hydrogen-bond donors (Lipinski definition) is 2. The maximum absolute atomic E-state index is 11.9. The van der Waals surface area contributed by atoms with Crippen LogP contribution >= 0.6 is 11.3 Å². The Morgan fingerprint density at radius 3 is 3.00 bits per heavy atom. The molecule has 0 spiro atoms. The molecule has 0 unspecified atom stereocenters. The smallest absolute Gasteiger partial charge is 0.323 e. The van der Waals surface area contributed by atoms with Crippen LogP contribution in [0.3, 0.4) is 0 Å². The number of aromatic nitrogens is 2. The third-order valence-corrected chi connectivity index (χ3v) is 3.15. The molecule has 0 atom stereocenters. The molecule has 7 heteroatoms. The second-order valence-electron chi connectivity index (χ2n) is 3.90. The summed E-state index contributed by atoms with van der Waals surface area (Å²) in [4.78, 5) is 26.7. The number of rotatable bonds is 6. The van der Waals surface area contributed by atoms with Gasteiger partial charge in [0.05, 0.1) is 11.2 Å². The summed E-state index contributed by atoms with van der Waals surface area (Å²) in [5.74, 6) is -1.26. The number of aliphatic carboxylic acids is 1. The fraction of sp³-hybridized carbons (Fsp3) is 0.250. The Bertz CT molecular complexity index is 563. The number of nitrogens with zero attached hydrogens (tertiary/aromatic N) is 2. The van der Waals surface area contributed by atoms with E-state index in [2.05, 4.69) is 10.3 Å². The van der Waals surface area contributed by atoms with Crippen LogP contribution in [0.1, 0.15) is 16.2 Å². The van der Waals surface area contributed by atoms with Gasteiger partial charge in [-0.2, -0.15) is 0 Å². The Labute approximate surface area is 113 Å². The van der Waals surface area contributed by atoms with Crippen molar-refractivity contribution in [2.75, 3.05) is 6.54 Å². The van der Waals surface area contributed by atoms with Gasteiger partial charge in [-0.05, 0) is 12.1 Å². The molecule has 2 aromatic rings. The minimum absolute atomic E-state index is 0.220. The van der Waals surface area contributed by atoms with Crippen LogP contribution in [0.15, 0.2) is 29.2 Å². The van der Waals surface area contributed by atoms with Gasteiger partial charge in [-0.15, -0.1) is 11.3 Å². The Morgan fingerprint density at radius 1 is 1.47 bits per heavy atom. The molecule has 6 nitrogen and oxygen atoms in total. The van der Waals surface area contributed by atoms with Crippen LogP contribution in [0.2, 0.25) is 0 Å². The monoisotopic (exact) mass is 279 g/mol. The van der Waals surface area contributed by atoms with Crippen LogP contribution in [0.5, 0.6) is 0 Å². The van der Waals surface area contributed by atoms with Crippen molar-refractivity contribution in [3.63, 3.8) is 0 Å². The summed E-state index contributed by atoms with van der Waals surface area (Å²) in [7, 11) is 0. The van der Waals surface area contributed by atoms with Gasteiger partial charge in [0.1, 0.15) is 12.2 Å². The van der Waals surface area contributed by atoms with E-state index in [1.807, 2.05) is 5.38 Å². The minimum atomic E-state index is -0.979. The van der Waals surface area contributed by atoms with E-state index < -0.39 is 5.97 Å². The van der Waals surface area contributed by atoms with Gasteiger partial charge in [-0.25, -0.2) is 4.98 Å². The zero-order chi connectivity index (χ0) is 13.7. The SMILES string of the molecule is O=C(O)Cn1cccc1C(=O)NCCc1cscn1. The van der Waals surface area contributed by atoms with E-state index in [-0.39, 0.29) is 12.5 Å². The second-order valence-corrected chi connectivity index (χ2v) is 4.62. The second kappa shape index (κ2) is 6.14. The fourth-order valence-electron chi connectivity index (χ4n) is 1.66. The summed E-state index contributed by atoms with van der Waals surface area (Å²) >= 11 is 1.51. The minimum Gasteiger partial charge on any atom is -0.480 e. The summed E-state index contributed by atoms with van der Waals surface area (Å²) in [5.41, 5.74) is 3.03. The Balaban J connectivity index is 1.89. The zero-order valence-electron chi connectivity index (χ0n) is 10.1. The fourth-order valence-corrected chi connectivity index (χ4v) is 2.25. The Hall–Kier alpha value is -2.15. The molecule has 0 aliphatic rings. The summed E-state index contributed by atoms with van der Waals surface area (Å²) < 4.78 is 1.40. The highest BCUT2D eigenvalue weighted by molar-refractivity contribution is 7.07. The molecule has 2 N–H and O–H groups in total. The molecule has 2 rings (SSSR count). The molecule has 1 amide bonds. The maximum atomic E-state index is 11.9. The first kappa shape index (κ1) is 13.3. The normalized spacial score (nSPS) is 10.3. The van der Waals surface area contributed by atoms with Crippen LogP contribution in [-0.2, 0) is 17.8 Å². The first-order chi connectivity index (χ1) is 9.16. The summed E-state index contributed by atoms with van der Waals surface area (Å²) in [6, 6.07) is 3.25.